The van der Waals surface area contributed by atoms with Crippen LogP contribution in [0.15, 0.2) is 53.0 Å². The highest BCUT2D eigenvalue weighted by Crippen LogP contribution is 2.23. The van der Waals surface area contributed by atoms with Crippen LogP contribution in [0, 0.1) is 6.92 Å². The lowest BCUT2D eigenvalue weighted by Gasteiger charge is -2.09. The van der Waals surface area contributed by atoms with Crippen molar-refractivity contribution in [2.75, 3.05) is 11.9 Å². The first-order valence-electron chi connectivity index (χ1n) is 6.95. The summed E-state index contributed by atoms with van der Waals surface area (Å²) in [4.78, 5) is 23.7. The van der Waals surface area contributed by atoms with Gasteiger partial charge < -0.3 is 10.6 Å². The Morgan fingerprint density at radius 2 is 1.82 bits per heavy atom. The minimum atomic E-state index is -0.176. The molecule has 0 unspecified atom stereocenters. The van der Waals surface area contributed by atoms with Crippen molar-refractivity contribution in [2.24, 2.45) is 0 Å². The van der Waals surface area contributed by atoms with Crippen molar-refractivity contribution in [3.05, 3.63) is 64.1 Å². The predicted molar refractivity (Wildman–Crippen MR) is 90.9 cm³/mol. The Morgan fingerprint density at radius 3 is 2.50 bits per heavy atom. The van der Waals surface area contributed by atoms with Gasteiger partial charge in [-0.15, -0.1) is 0 Å². The first kappa shape index (κ1) is 16.2. The van der Waals surface area contributed by atoms with Gasteiger partial charge in [0, 0.05) is 23.0 Å². The number of halogens is 1. The molecule has 2 aromatic rings. The third-order valence-corrected chi connectivity index (χ3v) is 3.73. The van der Waals surface area contributed by atoms with E-state index in [0.29, 0.717) is 12.1 Å². The molecule has 0 aliphatic rings. The predicted octanol–water partition coefficient (Wildman–Crippen LogP) is 3.52. The number of aryl methyl sites for hydroxylation is 1. The van der Waals surface area contributed by atoms with Gasteiger partial charge in [-0.2, -0.15) is 0 Å². The molecular formula is C17H17BrN2O2. The smallest absolute Gasteiger partial charge is 0.251 e. The van der Waals surface area contributed by atoms with Crippen molar-refractivity contribution < 1.29 is 9.59 Å². The molecule has 22 heavy (non-hydrogen) atoms. The molecule has 0 aliphatic heterocycles. The summed E-state index contributed by atoms with van der Waals surface area (Å²) in [5, 5.41) is 5.54. The molecule has 0 radical (unpaired) electrons. The van der Waals surface area contributed by atoms with Crippen LogP contribution in [0.1, 0.15) is 22.3 Å². The fourth-order valence-corrected chi connectivity index (χ4v) is 2.51. The normalized spacial score (nSPS) is 10.1. The Hall–Kier alpha value is -2.14. The average molecular weight is 361 g/mol. The van der Waals surface area contributed by atoms with Gasteiger partial charge in [-0.05, 0) is 52.7 Å². The van der Waals surface area contributed by atoms with E-state index in [1.807, 2.05) is 31.2 Å². The summed E-state index contributed by atoms with van der Waals surface area (Å²) in [5.74, 6) is -0.317. The van der Waals surface area contributed by atoms with Gasteiger partial charge in [0.05, 0.1) is 5.69 Å². The van der Waals surface area contributed by atoms with Crippen LogP contribution in [0.3, 0.4) is 0 Å². The minimum absolute atomic E-state index is 0.141. The monoisotopic (exact) mass is 360 g/mol. The molecular weight excluding hydrogens is 344 g/mol. The van der Waals surface area contributed by atoms with Gasteiger partial charge in [-0.3, -0.25) is 9.59 Å². The fourth-order valence-electron chi connectivity index (χ4n) is 1.92. The highest BCUT2D eigenvalue weighted by Gasteiger charge is 2.08. The maximum Gasteiger partial charge on any atom is 0.251 e. The van der Waals surface area contributed by atoms with E-state index in [0.717, 1.165) is 15.7 Å². The van der Waals surface area contributed by atoms with Gasteiger partial charge in [-0.25, -0.2) is 0 Å². The Labute approximate surface area is 138 Å². The van der Waals surface area contributed by atoms with Crippen LogP contribution < -0.4 is 10.6 Å². The first-order chi connectivity index (χ1) is 10.6. The second-order valence-corrected chi connectivity index (χ2v) is 5.76. The molecule has 0 aliphatic carbocycles. The van der Waals surface area contributed by atoms with Crippen LogP contribution in [0.25, 0.3) is 0 Å². The van der Waals surface area contributed by atoms with Crippen LogP contribution in [-0.4, -0.2) is 18.4 Å². The lowest BCUT2D eigenvalue weighted by Crippen LogP contribution is -2.27. The Kier molecular flexibility index (Phi) is 5.72. The van der Waals surface area contributed by atoms with Crippen molar-refractivity contribution in [2.45, 2.75) is 13.3 Å². The Morgan fingerprint density at radius 1 is 1.09 bits per heavy atom. The number of nitrogens with one attached hydrogen (secondary N) is 2. The number of rotatable bonds is 5. The van der Waals surface area contributed by atoms with Crippen LogP contribution in [0.4, 0.5) is 5.69 Å². The molecule has 0 aromatic heterocycles. The number of benzene rings is 2. The lowest BCUT2D eigenvalue weighted by atomic mass is 10.2. The van der Waals surface area contributed by atoms with Crippen LogP contribution in [0.2, 0.25) is 0 Å². The van der Waals surface area contributed by atoms with Gasteiger partial charge in [0.1, 0.15) is 0 Å². The van der Waals surface area contributed by atoms with E-state index in [4.69, 9.17) is 0 Å². The number of hydrogen-bond acceptors (Lipinski definition) is 2. The maximum absolute atomic E-state index is 11.9. The summed E-state index contributed by atoms with van der Waals surface area (Å²) < 4.78 is 0.842. The Bertz CT molecular complexity index is 672. The molecule has 0 atom stereocenters. The maximum atomic E-state index is 11.9. The molecule has 0 fully saturated rings. The third kappa shape index (κ3) is 4.70. The van der Waals surface area contributed by atoms with Crippen molar-refractivity contribution in [1.82, 2.24) is 5.32 Å². The van der Waals surface area contributed by atoms with E-state index in [2.05, 4.69) is 26.6 Å². The molecule has 2 N–H and O–H groups in total. The van der Waals surface area contributed by atoms with E-state index in [1.54, 1.807) is 24.3 Å². The lowest BCUT2D eigenvalue weighted by molar-refractivity contribution is -0.116. The molecule has 2 rings (SSSR count). The summed E-state index contributed by atoms with van der Waals surface area (Å²) in [6.45, 7) is 2.28. The van der Waals surface area contributed by atoms with E-state index in [1.165, 1.54) is 0 Å². The number of carbonyl (C=O) groups excluding carboxylic acids is 2. The van der Waals surface area contributed by atoms with Crippen LogP contribution in [0.5, 0.6) is 0 Å². The molecule has 0 saturated heterocycles. The van der Waals surface area contributed by atoms with Gasteiger partial charge >= 0.3 is 0 Å². The molecule has 0 spiro atoms. The third-order valence-electron chi connectivity index (χ3n) is 3.07. The second-order valence-electron chi connectivity index (χ2n) is 4.90. The number of carbonyl (C=O) groups is 2. The molecule has 0 saturated carbocycles. The topological polar surface area (TPSA) is 58.2 Å². The summed E-state index contributed by atoms with van der Waals surface area (Å²) in [6, 6.07) is 14.6. The molecule has 2 amide bonds. The largest absolute Gasteiger partial charge is 0.352 e. The van der Waals surface area contributed by atoms with Crippen molar-refractivity contribution >= 4 is 33.4 Å². The van der Waals surface area contributed by atoms with Gasteiger partial charge in [-0.1, -0.05) is 24.3 Å². The summed E-state index contributed by atoms with van der Waals surface area (Å²) in [5.41, 5.74) is 2.43. The summed E-state index contributed by atoms with van der Waals surface area (Å²) in [7, 11) is 0. The van der Waals surface area contributed by atoms with Gasteiger partial charge in [0.25, 0.3) is 5.91 Å². The molecule has 0 heterocycles. The number of anilines is 1. The van der Waals surface area contributed by atoms with E-state index in [9.17, 15) is 9.59 Å². The van der Waals surface area contributed by atoms with Gasteiger partial charge in [0.15, 0.2) is 0 Å². The molecule has 0 bridgehead atoms. The SMILES string of the molecule is Cc1ccc(NC(=O)CCNC(=O)c2ccccc2)c(Br)c1. The highest BCUT2D eigenvalue weighted by atomic mass is 79.9. The Balaban J connectivity index is 1.80. The molecule has 114 valence electrons. The van der Waals surface area contributed by atoms with Crippen molar-refractivity contribution in [3.8, 4) is 0 Å². The summed E-state index contributed by atoms with van der Waals surface area (Å²) in [6.07, 6.45) is 0.221. The first-order valence-corrected chi connectivity index (χ1v) is 7.75. The highest BCUT2D eigenvalue weighted by molar-refractivity contribution is 9.10. The molecule has 4 nitrogen and oxygen atoms in total. The van der Waals surface area contributed by atoms with E-state index in [-0.39, 0.29) is 18.2 Å². The number of amides is 2. The van der Waals surface area contributed by atoms with E-state index < -0.39 is 0 Å². The standard InChI is InChI=1S/C17H17BrN2O2/c1-12-7-8-15(14(18)11-12)20-16(21)9-10-19-17(22)13-5-3-2-4-6-13/h2-8,11H,9-10H2,1H3,(H,19,22)(H,20,21). The quantitative estimate of drug-likeness (QED) is 0.856. The van der Waals surface area contributed by atoms with E-state index >= 15 is 0 Å². The average Bonchev–Trinajstić information content (AvgIpc) is 2.51. The zero-order valence-electron chi connectivity index (χ0n) is 12.2. The molecule has 5 heteroatoms. The number of hydrogen-bond donors (Lipinski definition) is 2. The van der Waals surface area contributed by atoms with Crippen LogP contribution >= 0.6 is 15.9 Å². The zero-order chi connectivity index (χ0) is 15.9. The van der Waals surface area contributed by atoms with Crippen LogP contribution in [-0.2, 0) is 4.79 Å². The second kappa shape index (κ2) is 7.75. The van der Waals surface area contributed by atoms with Crippen molar-refractivity contribution in [3.63, 3.8) is 0 Å². The molecule has 2 aromatic carbocycles. The van der Waals surface area contributed by atoms with Crippen molar-refractivity contribution in [1.29, 1.82) is 0 Å². The van der Waals surface area contributed by atoms with Gasteiger partial charge in [0.2, 0.25) is 5.91 Å². The zero-order valence-corrected chi connectivity index (χ0v) is 13.8. The fraction of sp³-hybridized carbons (Fsp3) is 0.176. The summed E-state index contributed by atoms with van der Waals surface area (Å²) >= 11 is 3.41. The minimum Gasteiger partial charge on any atom is -0.352 e.